The maximum atomic E-state index is 5.91. The Morgan fingerprint density at radius 3 is 2.68 bits per heavy atom. The van der Waals surface area contributed by atoms with Gasteiger partial charge in [0.1, 0.15) is 0 Å². The van der Waals surface area contributed by atoms with E-state index >= 15 is 0 Å². The van der Waals surface area contributed by atoms with Gasteiger partial charge in [0.2, 0.25) is 0 Å². The van der Waals surface area contributed by atoms with Crippen LogP contribution in [0.2, 0.25) is 0 Å². The number of fused-ring (bicyclic) bond motifs is 6. The van der Waals surface area contributed by atoms with E-state index in [4.69, 9.17) is 10.7 Å². The molecule has 3 N–H and O–H groups in total. The van der Waals surface area contributed by atoms with E-state index in [0.29, 0.717) is 5.13 Å². The van der Waals surface area contributed by atoms with Crippen LogP contribution in [0.4, 0.5) is 5.13 Å². The van der Waals surface area contributed by atoms with Crippen LogP contribution in [0.3, 0.4) is 0 Å². The Kier molecular flexibility index (Phi) is 3.32. The number of thiazole rings is 1. The first-order valence-corrected chi connectivity index (χ1v) is 10.6. The lowest BCUT2D eigenvalue weighted by Gasteiger charge is -2.22. The highest BCUT2D eigenvalue weighted by Gasteiger charge is 2.22. The van der Waals surface area contributed by atoms with Crippen LogP contribution in [0.1, 0.15) is 29.5 Å². The number of aryl methyl sites for hydroxylation is 2. The lowest BCUT2D eigenvalue weighted by Crippen LogP contribution is -2.08. The van der Waals surface area contributed by atoms with Crippen molar-refractivity contribution in [1.29, 1.82) is 0 Å². The van der Waals surface area contributed by atoms with Gasteiger partial charge in [-0.15, -0.1) is 0 Å². The summed E-state index contributed by atoms with van der Waals surface area (Å²) in [5, 5.41) is 3.30. The van der Waals surface area contributed by atoms with E-state index in [1.165, 1.54) is 51.4 Å². The van der Waals surface area contributed by atoms with Crippen LogP contribution in [-0.2, 0) is 12.8 Å². The van der Waals surface area contributed by atoms with E-state index in [1.54, 1.807) is 11.3 Å². The van der Waals surface area contributed by atoms with Crippen LogP contribution in [0.5, 0.6) is 0 Å². The molecule has 0 bridgehead atoms. The van der Waals surface area contributed by atoms with Crippen LogP contribution in [0.15, 0.2) is 36.5 Å². The fourth-order valence-corrected chi connectivity index (χ4v) is 5.51. The summed E-state index contributed by atoms with van der Waals surface area (Å²) >= 11 is 1.54. The zero-order chi connectivity index (χ0) is 18.8. The summed E-state index contributed by atoms with van der Waals surface area (Å²) in [6.45, 7) is 2.18. The van der Waals surface area contributed by atoms with Crippen molar-refractivity contribution in [3.63, 3.8) is 0 Å². The maximum absolute atomic E-state index is 5.91. The summed E-state index contributed by atoms with van der Waals surface area (Å²) in [5.74, 6) is 0. The number of aromatic nitrogens is 3. The highest BCUT2D eigenvalue weighted by molar-refractivity contribution is 7.22. The van der Waals surface area contributed by atoms with Gasteiger partial charge >= 0.3 is 0 Å². The lowest BCUT2D eigenvalue weighted by molar-refractivity contribution is 0.689. The first kappa shape index (κ1) is 16.1. The monoisotopic (exact) mass is 384 g/mol. The number of pyridine rings is 1. The molecule has 2 aromatic carbocycles. The molecule has 0 amide bonds. The lowest BCUT2D eigenvalue weighted by atomic mass is 9.85. The molecule has 0 spiro atoms. The van der Waals surface area contributed by atoms with Gasteiger partial charge < -0.3 is 10.7 Å². The number of anilines is 1. The van der Waals surface area contributed by atoms with E-state index in [9.17, 15) is 0 Å². The van der Waals surface area contributed by atoms with Gasteiger partial charge in [0.15, 0.2) is 5.13 Å². The molecule has 138 valence electrons. The van der Waals surface area contributed by atoms with Gasteiger partial charge in [0, 0.05) is 28.0 Å². The van der Waals surface area contributed by atoms with Crippen molar-refractivity contribution >= 4 is 48.5 Å². The third-order valence-corrected chi connectivity index (χ3v) is 6.84. The van der Waals surface area contributed by atoms with E-state index in [-0.39, 0.29) is 0 Å². The summed E-state index contributed by atoms with van der Waals surface area (Å²) in [7, 11) is 0. The smallest absolute Gasteiger partial charge is 0.181 e. The van der Waals surface area contributed by atoms with Crippen molar-refractivity contribution in [3.05, 3.63) is 53.2 Å². The van der Waals surface area contributed by atoms with Gasteiger partial charge in [-0.25, -0.2) is 9.97 Å². The zero-order valence-electron chi connectivity index (χ0n) is 15.7. The number of hydrogen-bond acceptors (Lipinski definition) is 4. The molecule has 3 heterocycles. The third kappa shape index (κ3) is 2.23. The number of aromatic amines is 1. The Morgan fingerprint density at radius 2 is 1.79 bits per heavy atom. The summed E-state index contributed by atoms with van der Waals surface area (Å²) in [4.78, 5) is 13.0. The number of nitrogen functional groups attached to an aromatic ring is 1. The van der Waals surface area contributed by atoms with E-state index in [2.05, 4.69) is 53.4 Å². The fraction of sp³-hybridized carbons (Fsp3) is 0.217. The molecule has 0 unspecified atom stereocenters. The Morgan fingerprint density at radius 1 is 0.964 bits per heavy atom. The first-order valence-electron chi connectivity index (χ1n) is 9.77. The van der Waals surface area contributed by atoms with E-state index in [1.807, 2.05) is 0 Å². The summed E-state index contributed by atoms with van der Waals surface area (Å²) in [6, 6.07) is 10.7. The molecule has 4 nitrogen and oxygen atoms in total. The average Bonchev–Trinajstić information content (AvgIpc) is 3.28. The molecule has 1 aliphatic rings. The fourth-order valence-electron chi connectivity index (χ4n) is 4.74. The van der Waals surface area contributed by atoms with Crippen molar-refractivity contribution in [1.82, 2.24) is 15.0 Å². The highest BCUT2D eigenvalue weighted by atomic mass is 32.1. The number of benzene rings is 2. The minimum atomic E-state index is 0.617. The first-order chi connectivity index (χ1) is 13.7. The Labute approximate surface area is 166 Å². The van der Waals surface area contributed by atoms with Crippen LogP contribution in [-0.4, -0.2) is 15.0 Å². The van der Waals surface area contributed by atoms with E-state index in [0.717, 1.165) is 34.3 Å². The van der Waals surface area contributed by atoms with Gasteiger partial charge in [-0.2, -0.15) is 0 Å². The molecular weight excluding hydrogens is 364 g/mol. The topological polar surface area (TPSA) is 67.6 Å². The largest absolute Gasteiger partial charge is 0.375 e. The Bertz CT molecular complexity index is 1390. The second kappa shape index (κ2) is 5.79. The average molecular weight is 385 g/mol. The number of nitrogens with zero attached hydrogens (tertiary/aromatic N) is 2. The molecule has 5 aromatic rings. The zero-order valence-corrected chi connectivity index (χ0v) is 16.5. The van der Waals surface area contributed by atoms with Crippen LogP contribution in [0.25, 0.3) is 43.3 Å². The second-order valence-electron chi connectivity index (χ2n) is 7.71. The number of rotatable bonds is 1. The van der Waals surface area contributed by atoms with Gasteiger partial charge in [0.05, 0.1) is 21.4 Å². The molecule has 0 saturated carbocycles. The number of H-pyrrole nitrogens is 1. The normalized spacial score (nSPS) is 14.2. The SMILES string of the molecule is Cc1c[nH]c2ccc3nc(-c4ccc5nc(N)sc5c4)c4c(c3c12)CCCC4. The second-order valence-corrected chi connectivity index (χ2v) is 8.78. The molecule has 0 fully saturated rings. The van der Waals surface area contributed by atoms with Gasteiger partial charge in [-0.1, -0.05) is 17.4 Å². The van der Waals surface area contributed by atoms with Crippen LogP contribution < -0.4 is 5.73 Å². The number of nitrogens with one attached hydrogen (secondary N) is 1. The molecule has 6 rings (SSSR count). The highest BCUT2D eigenvalue weighted by Crippen LogP contribution is 2.39. The predicted molar refractivity (Wildman–Crippen MR) is 118 cm³/mol. The minimum absolute atomic E-state index is 0.617. The Hall–Kier alpha value is -2.92. The molecule has 3 aromatic heterocycles. The predicted octanol–water partition coefficient (Wildman–Crippen LogP) is 5.76. The maximum Gasteiger partial charge on any atom is 0.181 e. The van der Waals surface area contributed by atoms with Gasteiger partial charge in [-0.3, -0.25) is 0 Å². The summed E-state index contributed by atoms with van der Waals surface area (Å²) in [5.41, 5.74) is 15.7. The van der Waals surface area contributed by atoms with Crippen molar-refractivity contribution in [2.24, 2.45) is 0 Å². The molecular formula is C23H20N4S. The van der Waals surface area contributed by atoms with Crippen LogP contribution >= 0.6 is 11.3 Å². The summed E-state index contributed by atoms with van der Waals surface area (Å²) < 4.78 is 1.12. The molecule has 0 atom stereocenters. The van der Waals surface area contributed by atoms with Gasteiger partial charge in [-0.05, 0) is 73.6 Å². The quantitative estimate of drug-likeness (QED) is 0.386. The molecule has 5 heteroatoms. The van der Waals surface area contributed by atoms with Crippen LogP contribution in [0, 0.1) is 6.92 Å². The molecule has 1 aliphatic carbocycles. The van der Waals surface area contributed by atoms with E-state index < -0.39 is 0 Å². The number of nitrogens with two attached hydrogens (primary N) is 1. The molecule has 28 heavy (non-hydrogen) atoms. The van der Waals surface area contributed by atoms with Crippen molar-refractivity contribution in [3.8, 4) is 11.3 Å². The molecule has 0 aliphatic heterocycles. The minimum Gasteiger partial charge on any atom is -0.375 e. The number of hydrogen-bond donors (Lipinski definition) is 2. The molecule has 0 radical (unpaired) electrons. The van der Waals surface area contributed by atoms with Crippen molar-refractivity contribution in [2.75, 3.05) is 5.73 Å². The third-order valence-electron chi connectivity index (χ3n) is 5.99. The van der Waals surface area contributed by atoms with Crippen molar-refractivity contribution in [2.45, 2.75) is 32.6 Å². The Balaban J connectivity index is 1.70. The van der Waals surface area contributed by atoms with Crippen molar-refractivity contribution < 1.29 is 0 Å². The molecule has 0 saturated heterocycles. The summed E-state index contributed by atoms with van der Waals surface area (Å²) in [6.07, 6.45) is 6.80. The van der Waals surface area contributed by atoms with Gasteiger partial charge in [0.25, 0.3) is 0 Å². The standard InChI is InChI=1S/C23H20N4S/c1-12-11-25-17-8-9-18-21(20(12)17)14-4-2-3-5-15(14)22(26-18)13-6-7-16-19(10-13)28-23(24)27-16/h6-11,25H,2-5H2,1H3,(H2,24,27).